The molecule has 1 aliphatic rings. The Morgan fingerprint density at radius 1 is 1.59 bits per heavy atom. The van der Waals surface area contributed by atoms with E-state index < -0.39 is 0 Å². The van der Waals surface area contributed by atoms with Gasteiger partial charge in [0.2, 0.25) is 0 Å². The summed E-state index contributed by atoms with van der Waals surface area (Å²) in [6.07, 6.45) is 7.90. The van der Waals surface area contributed by atoms with Gasteiger partial charge in [-0.1, -0.05) is 12.2 Å². The summed E-state index contributed by atoms with van der Waals surface area (Å²) in [6.45, 7) is 5.07. The maximum absolute atomic E-state index is 9.43. The fraction of sp³-hybridized carbons (Fsp3) is 0.462. The second-order valence-corrected chi connectivity index (χ2v) is 4.88. The standard InChI is InChI=1S/C13H19N3O/c1-13(2,10-17)16-8-4-6-12(16)15-11-5-3-7-14-9-11/h3-7,9,12,15,17H,8,10H2,1-2H3. The summed E-state index contributed by atoms with van der Waals surface area (Å²) in [5.74, 6) is 0. The van der Waals surface area contributed by atoms with Crippen LogP contribution in [0.5, 0.6) is 0 Å². The Kier molecular flexibility index (Phi) is 3.45. The highest BCUT2D eigenvalue weighted by molar-refractivity contribution is 5.42. The van der Waals surface area contributed by atoms with Crippen LogP contribution in [0.3, 0.4) is 0 Å². The third-order valence-corrected chi connectivity index (χ3v) is 3.10. The summed E-state index contributed by atoms with van der Waals surface area (Å²) < 4.78 is 0. The van der Waals surface area contributed by atoms with Crippen molar-refractivity contribution < 1.29 is 5.11 Å². The molecular weight excluding hydrogens is 214 g/mol. The maximum atomic E-state index is 9.43. The molecule has 0 saturated heterocycles. The lowest BCUT2D eigenvalue weighted by Gasteiger charge is -2.38. The number of anilines is 1. The molecule has 0 fully saturated rings. The van der Waals surface area contributed by atoms with Crippen molar-refractivity contribution in [2.45, 2.75) is 25.6 Å². The molecule has 0 saturated carbocycles. The molecule has 0 bridgehead atoms. The fourth-order valence-electron chi connectivity index (χ4n) is 1.98. The van der Waals surface area contributed by atoms with Crippen molar-refractivity contribution in [3.63, 3.8) is 0 Å². The van der Waals surface area contributed by atoms with Gasteiger partial charge in [0.15, 0.2) is 0 Å². The number of aliphatic hydroxyl groups excluding tert-OH is 1. The van der Waals surface area contributed by atoms with Gasteiger partial charge in [-0.15, -0.1) is 0 Å². The summed E-state index contributed by atoms with van der Waals surface area (Å²) in [5, 5.41) is 12.8. The molecule has 1 aliphatic heterocycles. The van der Waals surface area contributed by atoms with Crippen molar-refractivity contribution in [1.82, 2.24) is 9.88 Å². The molecule has 2 rings (SSSR count). The maximum Gasteiger partial charge on any atom is 0.0994 e. The number of hydrogen-bond donors (Lipinski definition) is 2. The number of nitrogens with one attached hydrogen (secondary N) is 1. The van der Waals surface area contributed by atoms with E-state index in [1.54, 1.807) is 12.4 Å². The third-order valence-electron chi connectivity index (χ3n) is 3.10. The van der Waals surface area contributed by atoms with Crippen molar-refractivity contribution >= 4 is 5.69 Å². The number of hydrogen-bond acceptors (Lipinski definition) is 4. The monoisotopic (exact) mass is 233 g/mol. The first-order valence-electron chi connectivity index (χ1n) is 5.84. The van der Waals surface area contributed by atoms with Gasteiger partial charge in [0, 0.05) is 24.5 Å². The average Bonchev–Trinajstić information content (AvgIpc) is 2.79. The van der Waals surface area contributed by atoms with E-state index >= 15 is 0 Å². The van der Waals surface area contributed by atoms with Gasteiger partial charge < -0.3 is 10.4 Å². The minimum Gasteiger partial charge on any atom is -0.394 e. The molecule has 0 radical (unpaired) electrons. The lowest BCUT2D eigenvalue weighted by Crippen LogP contribution is -2.52. The molecule has 4 heteroatoms. The number of rotatable bonds is 4. The highest BCUT2D eigenvalue weighted by Gasteiger charge is 2.32. The second-order valence-electron chi connectivity index (χ2n) is 4.88. The van der Waals surface area contributed by atoms with E-state index in [4.69, 9.17) is 0 Å². The first kappa shape index (κ1) is 12.1. The molecule has 1 unspecified atom stereocenters. The highest BCUT2D eigenvalue weighted by atomic mass is 16.3. The molecule has 0 aliphatic carbocycles. The Labute approximate surface area is 102 Å². The lowest BCUT2D eigenvalue weighted by atomic mass is 10.0. The second kappa shape index (κ2) is 4.85. The van der Waals surface area contributed by atoms with E-state index in [0.29, 0.717) is 0 Å². The van der Waals surface area contributed by atoms with Crippen LogP contribution < -0.4 is 5.32 Å². The summed E-state index contributed by atoms with van der Waals surface area (Å²) in [4.78, 5) is 6.30. The van der Waals surface area contributed by atoms with Gasteiger partial charge in [-0.25, -0.2) is 0 Å². The first-order valence-corrected chi connectivity index (χ1v) is 5.84. The molecule has 1 atom stereocenters. The van der Waals surface area contributed by atoms with Crippen LogP contribution >= 0.6 is 0 Å². The van der Waals surface area contributed by atoms with Gasteiger partial charge in [0.25, 0.3) is 0 Å². The van der Waals surface area contributed by atoms with Gasteiger partial charge in [-0.3, -0.25) is 9.88 Å². The van der Waals surface area contributed by atoms with Crippen LogP contribution in [0.1, 0.15) is 13.8 Å². The van der Waals surface area contributed by atoms with Crippen molar-refractivity contribution in [3.8, 4) is 0 Å². The normalized spacial score (nSPS) is 20.8. The van der Waals surface area contributed by atoms with Crippen LogP contribution in [-0.2, 0) is 0 Å². The van der Waals surface area contributed by atoms with Crippen molar-refractivity contribution in [1.29, 1.82) is 0 Å². The summed E-state index contributed by atoms with van der Waals surface area (Å²) in [7, 11) is 0. The number of aliphatic hydroxyl groups is 1. The largest absolute Gasteiger partial charge is 0.394 e. The van der Waals surface area contributed by atoms with Crippen LogP contribution in [0.2, 0.25) is 0 Å². The predicted molar refractivity (Wildman–Crippen MR) is 68.7 cm³/mol. The summed E-state index contributed by atoms with van der Waals surface area (Å²) in [6, 6.07) is 3.89. The van der Waals surface area contributed by atoms with Gasteiger partial charge >= 0.3 is 0 Å². The SMILES string of the molecule is CC(C)(CO)N1CC=CC1Nc1cccnc1. The molecule has 1 aromatic heterocycles. The highest BCUT2D eigenvalue weighted by Crippen LogP contribution is 2.23. The molecule has 4 nitrogen and oxygen atoms in total. The zero-order valence-electron chi connectivity index (χ0n) is 10.3. The summed E-state index contributed by atoms with van der Waals surface area (Å²) >= 11 is 0. The van der Waals surface area contributed by atoms with Crippen LogP contribution in [-0.4, -0.2) is 39.8 Å². The lowest BCUT2D eigenvalue weighted by molar-refractivity contribution is 0.0608. The first-order chi connectivity index (χ1) is 8.13. The summed E-state index contributed by atoms with van der Waals surface area (Å²) in [5.41, 5.74) is 0.756. The Bertz CT molecular complexity index is 389. The van der Waals surface area contributed by atoms with Gasteiger partial charge in [0.1, 0.15) is 0 Å². The van der Waals surface area contributed by atoms with Crippen LogP contribution in [0, 0.1) is 0 Å². The van der Waals surface area contributed by atoms with Gasteiger partial charge in [0.05, 0.1) is 18.5 Å². The quantitative estimate of drug-likeness (QED) is 0.773. The van der Waals surface area contributed by atoms with Crippen molar-refractivity contribution in [2.24, 2.45) is 0 Å². The number of nitrogens with zero attached hydrogens (tertiary/aromatic N) is 2. The van der Waals surface area contributed by atoms with E-state index in [9.17, 15) is 5.11 Å². The zero-order valence-corrected chi connectivity index (χ0v) is 10.3. The zero-order chi connectivity index (χ0) is 12.3. The van der Waals surface area contributed by atoms with Gasteiger partial charge in [-0.2, -0.15) is 0 Å². The molecule has 2 heterocycles. The number of aromatic nitrogens is 1. The van der Waals surface area contributed by atoms with Gasteiger partial charge in [-0.05, 0) is 26.0 Å². The molecule has 0 aromatic carbocycles. The molecular formula is C13H19N3O. The predicted octanol–water partition coefficient (Wildman–Crippen LogP) is 1.46. The van der Waals surface area contributed by atoms with E-state index in [1.807, 2.05) is 26.0 Å². The Hall–Kier alpha value is -1.39. The molecule has 2 N–H and O–H groups in total. The molecule has 0 spiro atoms. The van der Waals surface area contributed by atoms with Crippen LogP contribution in [0.25, 0.3) is 0 Å². The van der Waals surface area contributed by atoms with Crippen LogP contribution in [0.15, 0.2) is 36.7 Å². The number of pyridine rings is 1. The third kappa shape index (κ3) is 2.65. The van der Waals surface area contributed by atoms with E-state index in [-0.39, 0.29) is 18.3 Å². The van der Waals surface area contributed by atoms with E-state index in [1.165, 1.54) is 0 Å². The minimum atomic E-state index is -0.233. The Morgan fingerprint density at radius 2 is 2.41 bits per heavy atom. The molecule has 17 heavy (non-hydrogen) atoms. The minimum absolute atomic E-state index is 0.112. The Balaban J connectivity index is 2.08. The van der Waals surface area contributed by atoms with Crippen LogP contribution in [0.4, 0.5) is 5.69 Å². The molecule has 1 aromatic rings. The fourth-order valence-corrected chi connectivity index (χ4v) is 1.98. The van der Waals surface area contributed by atoms with Crippen molar-refractivity contribution in [3.05, 3.63) is 36.7 Å². The van der Waals surface area contributed by atoms with Crippen molar-refractivity contribution in [2.75, 3.05) is 18.5 Å². The molecule has 92 valence electrons. The Morgan fingerprint density at radius 3 is 3.06 bits per heavy atom. The topological polar surface area (TPSA) is 48.4 Å². The van der Waals surface area contributed by atoms with E-state index in [2.05, 4.69) is 27.4 Å². The smallest absolute Gasteiger partial charge is 0.0994 e. The van der Waals surface area contributed by atoms with E-state index in [0.717, 1.165) is 12.2 Å². The molecule has 0 amide bonds. The average molecular weight is 233 g/mol.